The Morgan fingerprint density at radius 2 is 1.03 bits per heavy atom. The first kappa shape index (κ1) is 21.3. The maximum Gasteiger partial charge on any atom is 0.264 e. The SMILES string of the molecule is O=C(Cc1noc(-c2c(F)c(F)c(F)c(F)c2F)n1)c1c(F)c(F)c(F)c(F)c1F. The van der Waals surface area contributed by atoms with Gasteiger partial charge in [-0.1, -0.05) is 5.16 Å². The third kappa shape index (κ3) is 3.17. The lowest BCUT2D eigenvalue weighted by atomic mass is 10.1. The van der Waals surface area contributed by atoms with E-state index in [1.807, 2.05) is 0 Å². The van der Waals surface area contributed by atoms with Crippen LogP contribution in [0.2, 0.25) is 0 Å². The van der Waals surface area contributed by atoms with Crippen molar-refractivity contribution in [3.05, 3.63) is 69.6 Å². The van der Waals surface area contributed by atoms with E-state index in [9.17, 15) is 48.7 Å². The van der Waals surface area contributed by atoms with Crippen LogP contribution in [0.15, 0.2) is 4.52 Å². The summed E-state index contributed by atoms with van der Waals surface area (Å²) in [5, 5.41) is 2.96. The fourth-order valence-corrected chi connectivity index (χ4v) is 2.30. The zero-order valence-corrected chi connectivity index (χ0v) is 13.7. The van der Waals surface area contributed by atoms with Crippen LogP contribution < -0.4 is 0 Å². The molecule has 2 aromatic carbocycles. The van der Waals surface area contributed by atoms with Gasteiger partial charge >= 0.3 is 0 Å². The van der Waals surface area contributed by atoms with Crippen LogP contribution >= 0.6 is 0 Å². The van der Waals surface area contributed by atoms with Gasteiger partial charge < -0.3 is 4.52 Å². The van der Waals surface area contributed by atoms with Crippen LogP contribution in [-0.2, 0) is 6.42 Å². The van der Waals surface area contributed by atoms with Crippen LogP contribution in [0.3, 0.4) is 0 Å². The Morgan fingerprint density at radius 1 is 0.633 bits per heavy atom. The van der Waals surface area contributed by atoms with E-state index < -0.39 is 93.2 Å². The number of rotatable bonds is 4. The Hall–Kier alpha value is -3.45. The first-order chi connectivity index (χ1) is 14.0. The van der Waals surface area contributed by atoms with Crippen molar-refractivity contribution >= 4 is 5.78 Å². The first-order valence-corrected chi connectivity index (χ1v) is 7.36. The number of nitrogens with zero attached hydrogens (tertiary/aromatic N) is 2. The molecule has 158 valence electrons. The van der Waals surface area contributed by atoms with Gasteiger partial charge in [-0.3, -0.25) is 4.79 Å². The predicted octanol–water partition coefficient (Wildman–Crippen LogP) is 4.55. The lowest BCUT2D eigenvalue weighted by Gasteiger charge is -2.06. The third-order valence-electron chi connectivity index (χ3n) is 3.70. The smallest absolute Gasteiger partial charge is 0.264 e. The number of benzene rings is 2. The maximum atomic E-state index is 13.7. The summed E-state index contributed by atoms with van der Waals surface area (Å²) in [4.78, 5) is 15.1. The molecule has 0 saturated heterocycles. The van der Waals surface area contributed by atoms with Gasteiger partial charge in [-0.25, -0.2) is 43.9 Å². The lowest BCUT2D eigenvalue weighted by molar-refractivity contribution is 0.0978. The standard InChI is InChI=1S/C16H2F10N2O2/c17-6-4(7(18)11(22)14(25)10(6)21)2(29)1-3-27-16(30-28-3)5-8(19)12(23)15(26)13(24)9(5)20/h1H2. The summed E-state index contributed by atoms with van der Waals surface area (Å²) in [6.45, 7) is 0. The van der Waals surface area contributed by atoms with Crippen molar-refractivity contribution in [3.63, 3.8) is 0 Å². The van der Waals surface area contributed by atoms with Gasteiger partial charge in [-0.2, -0.15) is 4.98 Å². The molecule has 0 amide bonds. The molecule has 0 aliphatic rings. The molecule has 0 unspecified atom stereocenters. The minimum Gasteiger partial charge on any atom is -0.334 e. The van der Waals surface area contributed by atoms with Crippen LogP contribution in [-0.4, -0.2) is 15.9 Å². The molecule has 30 heavy (non-hydrogen) atoms. The molecule has 1 aromatic heterocycles. The third-order valence-corrected chi connectivity index (χ3v) is 3.70. The lowest BCUT2D eigenvalue weighted by Crippen LogP contribution is -2.15. The molecule has 0 saturated carbocycles. The van der Waals surface area contributed by atoms with E-state index in [2.05, 4.69) is 14.7 Å². The van der Waals surface area contributed by atoms with Crippen molar-refractivity contribution in [2.24, 2.45) is 0 Å². The van der Waals surface area contributed by atoms with Crippen molar-refractivity contribution in [2.45, 2.75) is 6.42 Å². The van der Waals surface area contributed by atoms with Crippen LogP contribution in [0.5, 0.6) is 0 Å². The number of hydrogen-bond acceptors (Lipinski definition) is 4. The number of hydrogen-bond donors (Lipinski definition) is 0. The van der Waals surface area contributed by atoms with Crippen molar-refractivity contribution in [1.82, 2.24) is 10.1 Å². The van der Waals surface area contributed by atoms with Gasteiger partial charge in [-0.05, 0) is 0 Å². The minimum atomic E-state index is -2.52. The predicted molar refractivity (Wildman–Crippen MR) is 73.8 cm³/mol. The Morgan fingerprint density at radius 3 is 1.50 bits per heavy atom. The molecule has 3 aromatic rings. The van der Waals surface area contributed by atoms with Gasteiger partial charge in [0.15, 0.2) is 58.1 Å². The van der Waals surface area contributed by atoms with Gasteiger partial charge in [0.25, 0.3) is 5.89 Å². The fraction of sp³-hybridized carbons (Fsp3) is 0.0625. The van der Waals surface area contributed by atoms with Crippen LogP contribution in [0.25, 0.3) is 11.5 Å². The molecule has 1 heterocycles. The molecule has 3 rings (SSSR count). The number of halogens is 10. The van der Waals surface area contributed by atoms with E-state index >= 15 is 0 Å². The Balaban J connectivity index is 2.00. The summed E-state index contributed by atoms with van der Waals surface area (Å²) >= 11 is 0. The molecule has 0 N–H and O–H groups in total. The fourth-order valence-electron chi connectivity index (χ4n) is 2.30. The molecule has 4 nitrogen and oxygen atoms in total. The molecular formula is C16H2F10N2O2. The summed E-state index contributed by atoms with van der Waals surface area (Å²) in [6.07, 6.45) is -1.31. The monoisotopic (exact) mass is 444 g/mol. The first-order valence-electron chi connectivity index (χ1n) is 7.36. The zero-order chi connectivity index (χ0) is 22.5. The van der Waals surface area contributed by atoms with Crippen molar-refractivity contribution < 1.29 is 53.2 Å². The number of aromatic nitrogens is 2. The van der Waals surface area contributed by atoms with E-state index in [-0.39, 0.29) is 0 Å². The summed E-state index contributed by atoms with van der Waals surface area (Å²) in [5.74, 6) is -28.1. The molecule has 14 heteroatoms. The number of carbonyl (C=O) groups excluding carboxylic acids is 1. The molecule has 0 atom stereocenters. The van der Waals surface area contributed by atoms with E-state index in [0.29, 0.717) is 0 Å². The van der Waals surface area contributed by atoms with Crippen LogP contribution in [0, 0.1) is 58.2 Å². The molecule has 0 aliphatic carbocycles. The van der Waals surface area contributed by atoms with Gasteiger partial charge in [0, 0.05) is 0 Å². The second kappa shape index (κ2) is 7.42. The normalized spacial score (nSPS) is 11.3. The molecular weight excluding hydrogens is 442 g/mol. The molecule has 0 radical (unpaired) electrons. The van der Waals surface area contributed by atoms with Gasteiger partial charge in [0.2, 0.25) is 11.6 Å². The highest BCUT2D eigenvalue weighted by Gasteiger charge is 2.32. The van der Waals surface area contributed by atoms with Crippen molar-refractivity contribution in [2.75, 3.05) is 0 Å². The van der Waals surface area contributed by atoms with Gasteiger partial charge in [0.05, 0.1) is 12.0 Å². The average molecular weight is 444 g/mol. The molecule has 0 aliphatic heterocycles. The second-order valence-corrected chi connectivity index (χ2v) is 5.51. The highest BCUT2D eigenvalue weighted by molar-refractivity contribution is 5.97. The van der Waals surface area contributed by atoms with Gasteiger partial charge in [0.1, 0.15) is 5.56 Å². The van der Waals surface area contributed by atoms with E-state index in [1.165, 1.54) is 0 Å². The van der Waals surface area contributed by atoms with E-state index in [4.69, 9.17) is 0 Å². The average Bonchev–Trinajstić information content (AvgIpc) is 3.15. The van der Waals surface area contributed by atoms with Crippen molar-refractivity contribution in [3.8, 4) is 11.5 Å². The summed E-state index contributed by atoms with van der Waals surface area (Å²) in [7, 11) is 0. The molecule has 0 spiro atoms. The van der Waals surface area contributed by atoms with E-state index in [1.54, 1.807) is 0 Å². The topological polar surface area (TPSA) is 56.0 Å². The largest absolute Gasteiger partial charge is 0.334 e. The quantitative estimate of drug-likeness (QED) is 0.257. The number of ketones is 1. The maximum absolute atomic E-state index is 13.7. The molecule has 0 fully saturated rings. The number of carbonyl (C=O) groups is 1. The Bertz CT molecular complexity index is 1150. The highest BCUT2D eigenvalue weighted by atomic mass is 19.2. The second-order valence-electron chi connectivity index (χ2n) is 5.51. The molecule has 0 bridgehead atoms. The highest BCUT2D eigenvalue weighted by Crippen LogP contribution is 2.31. The summed E-state index contributed by atoms with van der Waals surface area (Å²) in [5.41, 5.74) is -3.51. The summed E-state index contributed by atoms with van der Waals surface area (Å²) < 4.78 is 138. The Kier molecular flexibility index (Phi) is 5.26. The summed E-state index contributed by atoms with van der Waals surface area (Å²) in [6, 6.07) is 0. The zero-order valence-electron chi connectivity index (χ0n) is 13.7. The van der Waals surface area contributed by atoms with Crippen LogP contribution in [0.4, 0.5) is 43.9 Å². The minimum absolute atomic E-state index is 0.914. The van der Waals surface area contributed by atoms with Crippen molar-refractivity contribution in [1.29, 1.82) is 0 Å². The van der Waals surface area contributed by atoms with E-state index in [0.717, 1.165) is 0 Å². The Labute approximate surface area is 157 Å². The van der Waals surface area contributed by atoms with Gasteiger partial charge in [-0.15, -0.1) is 0 Å². The van der Waals surface area contributed by atoms with Crippen LogP contribution in [0.1, 0.15) is 16.2 Å². The number of Topliss-reactive ketones (excluding diaryl/α,β-unsaturated/α-hetero) is 1.